The van der Waals surface area contributed by atoms with Crippen molar-refractivity contribution in [1.29, 1.82) is 0 Å². The quantitative estimate of drug-likeness (QED) is 0.903. The molecule has 0 unspecified atom stereocenters. The molecule has 2 rings (SSSR count). The molecule has 1 aliphatic rings. The molecule has 1 heterocycles. The molecule has 20 heavy (non-hydrogen) atoms. The average Bonchev–Trinajstić information content (AvgIpc) is 2.42. The third kappa shape index (κ3) is 4.34. The molecular formula is C15H22Cl2N2O. The number of rotatable bonds is 5. The maximum atomic E-state index is 6.18. The highest BCUT2D eigenvalue weighted by Crippen LogP contribution is 2.21. The van der Waals surface area contributed by atoms with E-state index in [-0.39, 0.29) is 5.54 Å². The molecular weight excluding hydrogens is 295 g/mol. The highest BCUT2D eigenvalue weighted by atomic mass is 35.5. The van der Waals surface area contributed by atoms with E-state index in [2.05, 4.69) is 24.1 Å². The number of nitrogens with one attached hydrogen (secondary N) is 1. The van der Waals surface area contributed by atoms with Crippen LogP contribution in [0, 0.1) is 0 Å². The minimum atomic E-state index is 0.114. The van der Waals surface area contributed by atoms with Crippen molar-refractivity contribution in [2.24, 2.45) is 0 Å². The van der Waals surface area contributed by atoms with Gasteiger partial charge in [-0.25, -0.2) is 0 Å². The van der Waals surface area contributed by atoms with E-state index in [0.717, 1.165) is 45.0 Å². The van der Waals surface area contributed by atoms with Gasteiger partial charge < -0.3 is 10.1 Å². The van der Waals surface area contributed by atoms with Crippen molar-refractivity contribution in [2.75, 3.05) is 32.8 Å². The van der Waals surface area contributed by atoms with Crippen LogP contribution in [0.1, 0.15) is 19.4 Å². The lowest BCUT2D eigenvalue weighted by atomic mass is 10.0. The molecule has 0 amide bonds. The van der Waals surface area contributed by atoms with Crippen LogP contribution < -0.4 is 5.32 Å². The topological polar surface area (TPSA) is 24.5 Å². The molecule has 0 spiro atoms. The normalized spacial score (nSPS) is 17.4. The van der Waals surface area contributed by atoms with Crippen LogP contribution in [-0.2, 0) is 11.3 Å². The van der Waals surface area contributed by atoms with E-state index in [1.54, 1.807) is 6.07 Å². The molecule has 5 heteroatoms. The van der Waals surface area contributed by atoms with Gasteiger partial charge in [-0.05, 0) is 31.5 Å². The van der Waals surface area contributed by atoms with Crippen molar-refractivity contribution < 1.29 is 4.74 Å². The van der Waals surface area contributed by atoms with E-state index in [4.69, 9.17) is 27.9 Å². The average molecular weight is 317 g/mol. The number of hydrogen-bond donors (Lipinski definition) is 1. The molecule has 0 bridgehead atoms. The lowest BCUT2D eigenvalue weighted by Gasteiger charge is -2.41. The predicted molar refractivity (Wildman–Crippen MR) is 84.6 cm³/mol. The summed E-state index contributed by atoms with van der Waals surface area (Å²) in [7, 11) is 0. The zero-order chi connectivity index (χ0) is 14.6. The Morgan fingerprint density at radius 1 is 1.25 bits per heavy atom. The highest BCUT2D eigenvalue weighted by molar-refractivity contribution is 6.35. The summed E-state index contributed by atoms with van der Waals surface area (Å²) in [4.78, 5) is 2.47. The van der Waals surface area contributed by atoms with E-state index in [1.165, 1.54) is 0 Å². The fraction of sp³-hybridized carbons (Fsp3) is 0.600. The minimum absolute atomic E-state index is 0.114. The van der Waals surface area contributed by atoms with Gasteiger partial charge in [0.2, 0.25) is 0 Å². The van der Waals surface area contributed by atoms with Crippen molar-refractivity contribution in [3.8, 4) is 0 Å². The Bertz CT molecular complexity index is 445. The van der Waals surface area contributed by atoms with E-state index < -0.39 is 0 Å². The van der Waals surface area contributed by atoms with Gasteiger partial charge >= 0.3 is 0 Å². The van der Waals surface area contributed by atoms with Gasteiger partial charge in [-0.15, -0.1) is 0 Å². The molecule has 0 aliphatic carbocycles. The predicted octanol–water partition coefficient (Wildman–Crippen LogP) is 3.19. The Kier molecular flexibility index (Phi) is 5.70. The van der Waals surface area contributed by atoms with Crippen molar-refractivity contribution in [3.05, 3.63) is 33.8 Å². The van der Waals surface area contributed by atoms with Crippen LogP contribution in [0.15, 0.2) is 18.2 Å². The zero-order valence-electron chi connectivity index (χ0n) is 12.1. The number of halogens is 2. The van der Waals surface area contributed by atoms with E-state index in [1.807, 2.05) is 12.1 Å². The number of nitrogens with zero attached hydrogens (tertiary/aromatic N) is 1. The van der Waals surface area contributed by atoms with Gasteiger partial charge in [0, 0.05) is 41.8 Å². The highest BCUT2D eigenvalue weighted by Gasteiger charge is 2.27. The van der Waals surface area contributed by atoms with Gasteiger partial charge in [-0.1, -0.05) is 29.3 Å². The summed E-state index contributed by atoms with van der Waals surface area (Å²) < 4.78 is 5.40. The molecule has 1 fully saturated rings. The van der Waals surface area contributed by atoms with E-state index in [0.29, 0.717) is 10.0 Å². The molecule has 1 N–H and O–H groups in total. The Hall–Kier alpha value is -0.320. The van der Waals surface area contributed by atoms with Crippen molar-refractivity contribution in [2.45, 2.75) is 25.9 Å². The lowest BCUT2D eigenvalue weighted by molar-refractivity contribution is -0.00966. The largest absolute Gasteiger partial charge is 0.379 e. The zero-order valence-corrected chi connectivity index (χ0v) is 13.6. The summed E-state index contributed by atoms with van der Waals surface area (Å²) in [6, 6.07) is 5.63. The van der Waals surface area contributed by atoms with Crippen LogP contribution in [-0.4, -0.2) is 43.3 Å². The first-order valence-electron chi connectivity index (χ1n) is 6.96. The molecule has 3 nitrogen and oxygen atoms in total. The Balaban J connectivity index is 1.85. The third-order valence-electron chi connectivity index (χ3n) is 3.76. The second kappa shape index (κ2) is 7.10. The number of benzene rings is 1. The van der Waals surface area contributed by atoms with Crippen LogP contribution in [0.25, 0.3) is 0 Å². The maximum absolute atomic E-state index is 6.18. The standard InChI is InChI=1S/C15H22Cl2N2O/c1-15(2,19-5-7-20-8-6-19)11-18-10-12-3-4-13(16)9-14(12)17/h3-4,9,18H,5-8,10-11H2,1-2H3. The number of ether oxygens (including phenoxy) is 1. The number of morpholine rings is 1. The van der Waals surface area contributed by atoms with Gasteiger partial charge in [0.15, 0.2) is 0 Å². The first kappa shape index (κ1) is 16.1. The molecule has 0 saturated carbocycles. The van der Waals surface area contributed by atoms with Crippen LogP contribution >= 0.6 is 23.2 Å². The summed E-state index contributed by atoms with van der Waals surface area (Å²) in [6.45, 7) is 9.82. The molecule has 1 aromatic rings. The monoisotopic (exact) mass is 316 g/mol. The van der Waals surface area contributed by atoms with Crippen LogP contribution in [0.4, 0.5) is 0 Å². The Labute approximate surface area is 131 Å². The fourth-order valence-corrected chi connectivity index (χ4v) is 2.92. The molecule has 0 atom stereocenters. The van der Waals surface area contributed by atoms with Gasteiger partial charge in [0.25, 0.3) is 0 Å². The fourth-order valence-electron chi connectivity index (χ4n) is 2.45. The van der Waals surface area contributed by atoms with Crippen molar-refractivity contribution >= 4 is 23.2 Å². The van der Waals surface area contributed by atoms with Crippen LogP contribution in [0.5, 0.6) is 0 Å². The van der Waals surface area contributed by atoms with E-state index in [9.17, 15) is 0 Å². The van der Waals surface area contributed by atoms with Crippen LogP contribution in [0.2, 0.25) is 10.0 Å². The third-order valence-corrected chi connectivity index (χ3v) is 4.34. The summed E-state index contributed by atoms with van der Waals surface area (Å²) in [5, 5.41) is 4.88. The maximum Gasteiger partial charge on any atom is 0.0594 e. The summed E-state index contributed by atoms with van der Waals surface area (Å²) in [6.07, 6.45) is 0. The van der Waals surface area contributed by atoms with Gasteiger partial charge in [-0.2, -0.15) is 0 Å². The summed E-state index contributed by atoms with van der Waals surface area (Å²) in [5.41, 5.74) is 1.19. The molecule has 1 aromatic carbocycles. The van der Waals surface area contributed by atoms with Crippen molar-refractivity contribution in [1.82, 2.24) is 10.2 Å². The Morgan fingerprint density at radius 3 is 2.60 bits per heavy atom. The summed E-state index contributed by atoms with van der Waals surface area (Å²) in [5.74, 6) is 0. The molecule has 0 radical (unpaired) electrons. The second-order valence-electron chi connectivity index (χ2n) is 5.75. The van der Waals surface area contributed by atoms with Crippen LogP contribution in [0.3, 0.4) is 0 Å². The first-order valence-corrected chi connectivity index (χ1v) is 7.72. The molecule has 1 saturated heterocycles. The van der Waals surface area contributed by atoms with E-state index >= 15 is 0 Å². The lowest BCUT2D eigenvalue weighted by Crippen LogP contribution is -2.54. The van der Waals surface area contributed by atoms with Gasteiger partial charge in [0.05, 0.1) is 13.2 Å². The van der Waals surface area contributed by atoms with Gasteiger partial charge in [0.1, 0.15) is 0 Å². The SMILES string of the molecule is CC(C)(CNCc1ccc(Cl)cc1Cl)N1CCOCC1. The van der Waals surface area contributed by atoms with Crippen molar-refractivity contribution in [3.63, 3.8) is 0 Å². The number of hydrogen-bond acceptors (Lipinski definition) is 3. The molecule has 1 aliphatic heterocycles. The smallest absolute Gasteiger partial charge is 0.0594 e. The Morgan fingerprint density at radius 2 is 1.95 bits per heavy atom. The molecule has 0 aromatic heterocycles. The molecule has 112 valence electrons. The first-order chi connectivity index (χ1) is 9.49. The second-order valence-corrected chi connectivity index (χ2v) is 6.59. The summed E-state index contributed by atoms with van der Waals surface area (Å²) >= 11 is 12.1. The minimum Gasteiger partial charge on any atom is -0.379 e. The van der Waals surface area contributed by atoms with Gasteiger partial charge in [-0.3, -0.25) is 4.90 Å².